The zero-order valence-electron chi connectivity index (χ0n) is 28.6. The Kier molecular flexibility index (Phi) is 12.5. The van der Waals surface area contributed by atoms with Gasteiger partial charge < -0.3 is 41.8 Å². The van der Waals surface area contributed by atoms with Gasteiger partial charge in [-0.2, -0.15) is 28.1 Å². The first kappa shape index (κ1) is 39.2. The minimum atomic E-state index is -4.64. The molecule has 1 aliphatic carbocycles. The van der Waals surface area contributed by atoms with E-state index in [4.69, 9.17) is 26.8 Å². The van der Waals surface area contributed by atoms with E-state index in [1.54, 1.807) is 36.4 Å². The number of nitrogens with zero attached hydrogens (tertiary/aromatic N) is 3. The maximum Gasteiger partial charge on any atom is 0.422 e. The number of hydrogen-bond acceptors (Lipinski definition) is 12. The van der Waals surface area contributed by atoms with E-state index in [0.29, 0.717) is 29.2 Å². The summed E-state index contributed by atoms with van der Waals surface area (Å²) < 4.78 is 48.5. The number of anilines is 4. The molecule has 5 rings (SSSR count). The first-order valence-corrected chi connectivity index (χ1v) is 16.8. The highest BCUT2D eigenvalue weighted by molar-refractivity contribution is 6.39. The Labute approximate surface area is 311 Å². The summed E-state index contributed by atoms with van der Waals surface area (Å²) in [4.78, 5) is 62.5. The average molecular weight is 770 g/mol. The number of methoxy groups -OCH3 is 1. The molecule has 3 amide bonds. The molecule has 1 aromatic heterocycles. The predicted molar refractivity (Wildman–Crippen MR) is 191 cm³/mol. The van der Waals surface area contributed by atoms with Gasteiger partial charge in [0.25, 0.3) is 5.91 Å². The lowest BCUT2D eigenvalue weighted by molar-refractivity contribution is -0.154. The van der Waals surface area contributed by atoms with Crippen LogP contribution in [0.2, 0.25) is 5.02 Å². The summed E-state index contributed by atoms with van der Waals surface area (Å²) >= 11 is 6.03. The molecule has 0 radical (unpaired) electrons. The summed E-state index contributed by atoms with van der Waals surface area (Å²) in [6.07, 6.45) is -3.33. The summed E-state index contributed by atoms with van der Waals surface area (Å²) in [5.74, 6) is -3.51. The van der Waals surface area contributed by atoms with Gasteiger partial charge in [0.2, 0.25) is 11.9 Å². The Bertz CT molecular complexity index is 1980. The van der Waals surface area contributed by atoms with Crippen LogP contribution in [0.3, 0.4) is 0 Å². The van der Waals surface area contributed by atoms with Crippen LogP contribution in [0, 0.1) is 0 Å². The van der Waals surface area contributed by atoms with Crippen LogP contribution < -0.4 is 37.1 Å². The van der Waals surface area contributed by atoms with E-state index >= 15 is 0 Å². The number of amides is 3. The lowest BCUT2D eigenvalue weighted by Gasteiger charge is -2.19. The van der Waals surface area contributed by atoms with Crippen molar-refractivity contribution in [1.82, 2.24) is 25.6 Å². The Morgan fingerprint density at radius 2 is 1.63 bits per heavy atom. The second kappa shape index (κ2) is 17.2. The minimum Gasteiger partial charge on any atom is -0.467 e. The molecule has 1 heterocycles. The lowest BCUT2D eigenvalue weighted by atomic mass is 10.1. The first-order chi connectivity index (χ1) is 25.8. The van der Waals surface area contributed by atoms with Crippen LogP contribution in [-0.4, -0.2) is 71.1 Å². The highest BCUT2D eigenvalue weighted by Gasteiger charge is 2.45. The minimum absolute atomic E-state index is 0.0314. The van der Waals surface area contributed by atoms with Crippen molar-refractivity contribution >= 4 is 58.6 Å². The van der Waals surface area contributed by atoms with E-state index in [1.165, 1.54) is 24.3 Å². The van der Waals surface area contributed by atoms with Crippen LogP contribution in [0.25, 0.3) is 0 Å². The van der Waals surface area contributed by atoms with Gasteiger partial charge in [-0.15, -0.1) is 0 Å². The topological polar surface area (TPSA) is 212 Å². The SMILES string of the molecule is COC(=O)[C@H](CCNC(=O)C(=O)Nc1cccc(CN)c1)NC(=O)c1ccc(Nc2nc(NC3(c4ccc(Cl)cc4)CC3)nc(OCC(F)(F)F)n2)cc1. The maximum atomic E-state index is 13.1. The second-order valence-electron chi connectivity index (χ2n) is 12.0. The Morgan fingerprint density at radius 3 is 2.28 bits per heavy atom. The van der Waals surface area contributed by atoms with Crippen molar-refractivity contribution in [1.29, 1.82) is 0 Å². The summed E-state index contributed by atoms with van der Waals surface area (Å²) in [5, 5.41) is 14.0. The van der Waals surface area contributed by atoms with Crippen molar-refractivity contribution in [2.75, 3.05) is 36.2 Å². The number of esters is 1. The second-order valence-corrected chi connectivity index (χ2v) is 12.5. The van der Waals surface area contributed by atoms with E-state index in [2.05, 4.69) is 41.5 Å². The Balaban J connectivity index is 1.20. The summed E-state index contributed by atoms with van der Waals surface area (Å²) in [6.45, 7) is -1.53. The van der Waals surface area contributed by atoms with Crippen molar-refractivity contribution in [2.24, 2.45) is 5.73 Å². The third-order valence-electron chi connectivity index (χ3n) is 8.02. The Morgan fingerprint density at radius 1 is 0.926 bits per heavy atom. The molecule has 0 spiro atoms. The molecule has 7 N–H and O–H groups in total. The zero-order chi connectivity index (χ0) is 38.9. The van der Waals surface area contributed by atoms with Crippen molar-refractivity contribution < 1.29 is 41.8 Å². The molecular formula is C35H35ClF3N9O6. The van der Waals surface area contributed by atoms with E-state index in [0.717, 1.165) is 18.2 Å². The fourth-order valence-corrected chi connectivity index (χ4v) is 5.24. The number of ether oxygens (including phenoxy) is 2. The van der Waals surface area contributed by atoms with Gasteiger partial charge in [-0.05, 0) is 78.9 Å². The van der Waals surface area contributed by atoms with Crippen LogP contribution in [-0.2, 0) is 31.2 Å². The molecular weight excluding hydrogens is 735 g/mol. The molecule has 284 valence electrons. The fraction of sp³-hybridized carbons (Fsp3) is 0.286. The van der Waals surface area contributed by atoms with Crippen LogP contribution in [0.4, 0.5) is 36.4 Å². The summed E-state index contributed by atoms with van der Waals surface area (Å²) in [7, 11) is 1.13. The van der Waals surface area contributed by atoms with Gasteiger partial charge in [0.05, 0.1) is 12.6 Å². The number of nitrogens with one attached hydrogen (secondary N) is 5. The number of alkyl halides is 3. The van der Waals surface area contributed by atoms with E-state index < -0.39 is 54.1 Å². The van der Waals surface area contributed by atoms with Gasteiger partial charge in [-0.25, -0.2) is 4.79 Å². The van der Waals surface area contributed by atoms with E-state index in [-0.39, 0.29) is 37.0 Å². The maximum absolute atomic E-state index is 13.1. The van der Waals surface area contributed by atoms with E-state index in [1.807, 2.05) is 12.1 Å². The number of aromatic nitrogens is 3. The Hall–Kier alpha value is -6.01. The molecule has 19 heteroatoms. The molecule has 1 aliphatic rings. The number of benzene rings is 3. The largest absolute Gasteiger partial charge is 0.467 e. The standard InChI is InChI=1S/C35H35ClF3N9O6/c1-53-30(52)26(13-16-41-28(50)29(51)42-25-4-2-3-20(17-25)18-40)44-27(49)21-5-11-24(12-6-21)43-31-45-32(47-33(46-31)54-19-35(37,38)39)48-34(14-15-34)22-7-9-23(36)10-8-22/h2-12,17,26H,13-16,18-19,40H2,1H3,(H,41,50)(H,42,51)(H,44,49)(H2,43,45,46,47,48)/t26-/m0/s1. The van der Waals surface area contributed by atoms with E-state index in [9.17, 15) is 32.3 Å². The number of rotatable bonds is 15. The van der Waals surface area contributed by atoms with Gasteiger partial charge in [0.15, 0.2) is 6.61 Å². The highest BCUT2D eigenvalue weighted by Crippen LogP contribution is 2.48. The summed E-state index contributed by atoms with van der Waals surface area (Å²) in [5.41, 5.74) is 7.55. The predicted octanol–water partition coefficient (Wildman–Crippen LogP) is 4.19. The highest BCUT2D eigenvalue weighted by atomic mass is 35.5. The molecule has 1 atom stereocenters. The number of nitrogens with two attached hydrogens (primary N) is 1. The summed E-state index contributed by atoms with van der Waals surface area (Å²) in [6, 6.07) is 17.8. The van der Waals surface area contributed by atoms with Gasteiger partial charge in [-0.1, -0.05) is 35.9 Å². The molecule has 4 aromatic rings. The number of halogens is 4. The van der Waals surface area contributed by atoms with Gasteiger partial charge >= 0.3 is 30.0 Å². The number of hydrogen-bond donors (Lipinski definition) is 6. The average Bonchev–Trinajstić information content (AvgIpc) is 3.93. The van der Waals surface area contributed by atoms with Crippen molar-refractivity contribution in [3.8, 4) is 6.01 Å². The molecule has 54 heavy (non-hydrogen) atoms. The van der Waals surface area contributed by atoms with Gasteiger partial charge in [0, 0.05) is 35.1 Å². The molecule has 3 aromatic carbocycles. The van der Waals surface area contributed by atoms with Crippen LogP contribution >= 0.6 is 11.6 Å². The third-order valence-corrected chi connectivity index (χ3v) is 8.27. The molecule has 0 unspecified atom stereocenters. The molecule has 1 fully saturated rings. The molecule has 15 nitrogen and oxygen atoms in total. The van der Waals surface area contributed by atoms with Crippen LogP contribution in [0.15, 0.2) is 72.8 Å². The lowest BCUT2D eigenvalue weighted by Crippen LogP contribution is -2.44. The van der Waals surface area contributed by atoms with Crippen molar-refractivity contribution in [3.05, 3.63) is 94.5 Å². The number of carbonyl (C=O) groups excluding carboxylic acids is 4. The van der Waals surface area contributed by atoms with Gasteiger partial charge in [0.1, 0.15) is 6.04 Å². The molecule has 0 saturated heterocycles. The zero-order valence-corrected chi connectivity index (χ0v) is 29.4. The molecule has 1 saturated carbocycles. The molecule has 0 aliphatic heterocycles. The monoisotopic (exact) mass is 769 g/mol. The normalized spacial score (nSPS) is 13.5. The van der Waals surface area contributed by atoms with Crippen molar-refractivity contribution in [3.63, 3.8) is 0 Å². The fourth-order valence-electron chi connectivity index (χ4n) is 5.11. The third kappa shape index (κ3) is 11.0. The quantitative estimate of drug-likeness (QED) is 0.0743. The van der Waals surface area contributed by atoms with Gasteiger partial charge in [-0.3, -0.25) is 14.4 Å². The van der Waals surface area contributed by atoms with Crippen LogP contribution in [0.5, 0.6) is 6.01 Å². The van der Waals surface area contributed by atoms with Crippen LogP contribution in [0.1, 0.15) is 40.7 Å². The first-order valence-electron chi connectivity index (χ1n) is 16.4. The number of carbonyl (C=O) groups is 4. The smallest absolute Gasteiger partial charge is 0.422 e. The van der Waals surface area contributed by atoms with Crippen molar-refractivity contribution in [2.45, 2.75) is 43.6 Å². The molecule has 0 bridgehead atoms.